The van der Waals surface area contributed by atoms with Crippen molar-refractivity contribution in [2.75, 3.05) is 0 Å². The summed E-state index contributed by atoms with van der Waals surface area (Å²) in [6, 6.07) is 8.62. The van der Waals surface area contributed by atoms with Crippen LogP contribution in [0.4, 0.5) is 4.39 Å². The summed E-state index contributed by atoms with van der Waals surface area (Å²) in [5.41, 5.74) is 3.02. The van der Waals surface area contributed by atoms with Crippen LogP contribution in [0, 0.1) is 5.82 Å². The molecule has 98 valence electrons. The molecule has 19 heavy (non-hydrogen) atoms. The summed E-state index contributed by atoms with van der Waals surface area (Å²) in [5.74, 6) is 0.0629. The summed E-state index contributed by atoms with van der Waals surface area (Å²) in [6.07, 6.45) is 5.34. The van der Waals surface area contributed by atoms with Crippen LogP contribution in [0.1, 0.15) is 34.5 Å². The van der Waals surface area contributed by atoms with Crippen LogP contribution >= 0.6 is 0 Å². The summed E-state index contributed by atoms with van der Waals surface area (Å²) in [4.78, 5) is 11.8. The number of carbonyl (C=O) groups is 1. The maximum absolute atomic E-state index is 13.1. The smallest absolute Gasteiger partial charge is 0.164 e. The third kappa shape index (κ3) is 2.46. The van der Waals surface area contributed by atoms with Crippen molar-refractivity contribution in [3.8, 4) is 0 Å². The van der Waals surface area contributed by atoms with Crippen molar-refractivity contribution in [3.63, 3.8) is 0 Å². The molecule has 1 aromatic heterocycles. The second-order valence-corrected chi connectivity index (χ2v) is 5.03. The van der Waals surface area contributed by atoms with E-state index in [1.165, 1.54) is 6.07 Å². The monoisotopic (exact) mass is 257 g/mol. The Morgan fingerprint density at radius 2 is 2.11 bits per heavy atom. The molecule has 0 saturated carbocycles. The normalized spacial score (nSPS) is 14.5. The standard InChI is InChI=1S/C16H16FNO/c17-13-4-1-3-12(11-13)7-9-18-10-8-14-15(18)5-2-6-16(14)19/h1,3-4,8,10-11H,2,5-7,9H2. The molecule has 2 nitrogen and oxygen atoms in total. The zero-order chi connectivity index (χ0) is 13.2. The molecule has 1 aliphatic carbocycles. The molecule has 0 amide bonds. The number of ketones is 1. The Kier molecular flexibility index (Phi) is 3.20. The van der Waals surface area contributed by atoms with Crippen LogP contribution in [0.15, 0.2) is 36.5 Å². The van der Waals surface area contributed by atoms with Gasteiger partial charge in [-0.05, 0) is 43.0 Å². The Hall–Kier alpha value is -1.90. The summed E-state index contributed by atoms with van der Waals surface area (Å²) < 4.78 is 15.2. The van der Waals surface area contributed by atoms with Gasteiger partial charge in [-0.2, -0.15) is 0 Å². The third-order valence-electron chi connectivity index (χ3n) is 3.73. The molecular formula is C16H16FNO. The number of rotatable bonds is 3. The van der Waals surface area contributed by atoms with Gasteiger partial charge in [-0.1, -0.05) is 12.1 Å². The Morgan fingerprint density at radius 3 is 2.95 bits per heavy atom. The molecule has 0 N–H and O–H groups in total. The van der Waals surface area contributed by atoms with Gasteiger partial charge < -0.3 is 4.57 Å². The van der Waals surface area contributed by atoms with Crippen molar-refractivity contribution in [3.05, 3.63) is 59.2 Å². The van der Waals surface area contributed by atoms with E-state index in [0.717, 1.165) is 42.6 Å². The highest BCUT2D eigenvalue weighted by Crippen LogP contribution is 2.22. The zero-order valence-electron chi connectivity index (χ0n) is 10.7. The fourth-order valence-corrected chi connectivity index (χ4v) is 2.74. The number of halogens is 1. The highest BCUT2D eigenvalue weighted by atomic mass is 19.1. The predicted octanol–water partition coefficient (Wildman–Crippen LogP) is 3.39. The minimum Gasteiger partial charge on any atom is -0.350 e. The molecule has 1 heterocycles. The summed E-state index contributed by atoms with van der Waals surface area (Å²) in [6.45, 7) is 0.798. The molecule has 3 rings (SSSR count). The number of hydrogen-bond donors (Lipinski definition) is 0. The van der Waals surface area contributed by atoms with E-state index in [0.29, 0.717) is 6.42 Å². The fourth-order valence-electron chi connectivity index (χ4n) is 2.74. The number of nitrogens with zero attached hydrogens (tertiary/aromatic N) is 1. The van der Waals surface area contributed by atoms with Gasteiger partial charge in [-0.25, -0.2) is 4.39 Å². The minimum absolute atomic E-state index is 0.192. The second-order valence-electron chi connectivity index (χ2n) is 5.03. The molecule has 0 atom stereocenters. The largest absolute Gasteiger partial charge is 0.350 e. The lowest BCUT2D eigenvalue weighted by Gasteiger charge is -2.15. The van der Waals surface area contributed by atoms with Crippen LogP contribution in [0.5, 0.6) is 0 Å². The van der Waals surface area contributed by atoms with E-state index >= 15 is 0 Å². The second kappa shape index (κ2) is 5.00. The molecule has 0 bridgehead atoms. The number of benzene rings is 1. The molecule has 2 aromatic rings. The molecule has 0 spiro atoms. The Bertz CT molecular complexity index is 615. The van der Waals surface area contributed by atoms with Crippen LogP contribution in [-0.2, 0) is 19.4 Å². The van der Waals surface area contributed by atoms with E-state index in [4.69, 9.17) is 0 Å². The molecule has 0 fully saturated rings. The van der Waals surface area contributed by atoms with Crippen molar-refractivity contribution >= 4 is 5.78 Å². The van der Waals surface area contributed by atoms with Crippen LogP contribution in [0.25, 0.3) is 0 Å². The van der Waals surface area contributed by atoms with Gasteiger partial charge in [-0.15, -0.1) is 0 Å². The van der Waals surface area contributed by atoms with Crippen LogP contribution in [-0.4, -0.2) is 10.4 Å². The van der Waals surface area contributed by atoms with E-state index < -0.39 is 0 Å². The van der Waals surface area contributed by atoms with Crippen molar-refractivity contribution in [1.82, 2.24) is 4.57 Å². The SMILES string of the molecule is O=C1CCCc2c1ccn2CCc1cccc(F)c1. The van der Waals surface area contributed by atoms with Gasteiger partial charge in [-0.3, -0.25) is 4.79 Å². The first-order chi connectivity index (χ1) is 9.24. The van der Waals surface area contributed by atoms with Crippen molar-refractivity contribution in [1.29, 1.82) is 0 Å². The lowest BCUT2D eigenvalue weighted by atomic mass is 9.97. The third-order valence-corrected chi connectivity index (χ3v) is 3.73. The molecule has 1 aromatic carbocycles. The first-order valence-corrected chi connectivity index (χ1v) is 6.70. The van der Waals surface area contributed by atoms with Crippen LogP contribution < -0.4 is 0 Å². The fraction of sp³-hybridized carbons (Fsp3) is 0.312. The summed E-state index contributed by atoms with van der Waals surface area (Å²) in [5, 5.41) is 0. The first-order valence-electron chi connectivity index (χ1n) is 6.70. The molecule has 0 radical (unpaired) electrons. The molecule has 3 heteroatoms. The van der Waals surface area contributed by atoms with Gasteiger partial charge in [0.2, 0.25) is 0 Å². The first kappa shape index (κ1) is 12.2. The number of Topliss-reactive ketones (excluding diaryl/α,β-unsaturated/α-hetero) is 1. The van der Waals surface area contributed by atoms with Gasteiger partial charge in [0.1, 0.15) is 5.82 Å². The van der Waals surface area contributed by atoms with Crippen molar-refractivity contribution in [2.45, 2.75) is 32.2 Å². The molecule has 1 aliphatic rings. The van der Waals surface area contributed by atoms with E-state index in [1.807, 2.05) is 18.3 Å². The van der Waals surface area contributed by atoms with Crippen LogP contribution in [0.2, 0.25) is 0 Å². The average Bonchev–Trinajstić information content (AvgIpc) is 2.81. The zero-order valence-corrected chi connectivity index (χ0v) is 10.7. The average molecular weight is 257 g/mol. The molecule has 0 unspecified atom stereocenters. The maximum atomic E-state index is 13.1. The van der Waals surface area contributed by atoms with E-state index in [1.54, 1.807) is 12.1 Å². The highest BCUT2D eigenvalue weighted by molar-refractivity contribution is 5.98. The predicted molar refractivity (Wildman–Crippen MR) is 71.8 cm³/mol. The lowest BCUT2D eigenvalue weighted by Crippen LogP contribution is -2.13. The maximum Gasteiger partial charge on any atom is 0.164 e. The van der Waals surface area contributed by atoms with Crippen molar-refractivity contribution in [2.24, 2.45) is 0 Å². The van der Waals surface area contributed by atoms with Gasteiger partial charge in [0.25, 0.3) is 0 Å². The molecular weight excluding hydrogens is 241 g/mol. The summed E-state index contributed by atoms with van der Waals surface area (Å²) >= 11 is 0. The quantitative estimate of drug-likeness (QED) is 0.826. The van der Waals surface area contributed by atoms with Gasteiger partial charge >= 0.3 is 0 Å². The molecule has 0 aliphatic heterocycles. The van der Waals surface area contributed by atoms with E-state index in [-0.39, 0.29) is 11.6 Å². The Morgan fingerprint density at radius 1 is 1.21 bits per heavy atom. The highest BCUT2D eigenvalue weighted by Gasteiger charge is 2.20. The topological polar surface area (TPSA) is 22.0 Å². The number of aryl methyl sites for hydroxylation is 2. The van der Waals surface area contributed by atoms with Crippen LogP contribution in [0.3, 0.4) is 0 Å². The Labute approximate surface area is 111 Å². The van der Waals surface area contributed by atoms with E-state index in [2.05, 4.69) is 4.57 Å². The van der Waals surface area contributed by atoms with Crippen molar-refractivity contribution < 1.29 is 9.18 Å². The number of hydrogen-bond acceptors (Lipinski definition) is 1. The Balaban J connectivity index is 1.76. The minimum atomic E-state index is -0.192. The van der Waals surface area contributed by atoms with E-state index in [9.17, 15) is 9.18 Å². The molecule has 0 saturated heterocycles. The lowest BCUT2D eigenvalue weighted by molar-refractivity contribution is 0.0972. The summed E-state index contributed by atoms with van der Waals surface area (Å²) in [7, 11) is 0. The number of carbonyl (C=O) groups excluding carboxylic acids is 1. The van der Waals surface area contributed by atoms with Gasteiger partial charge in [0, 0.05) is 30.4 Å². The number of fused-ring (bicyclic) bond motifs is 1. The van der Waals surface area contributed by atoms with Gasteiger partial charge in [0.05, 0.1) is 0 Å². The van der Waals surface area contributed by atoms with Gasteiger partial charge in [0.15, 0.2) is 5.78 Å². The number of aromatic nitrogens is 1.